The first-order valence-corrected chi connectivity index (χ1v) is 3.91. The van der Waals surface area contributed by atoms with Crippen LogP contribution in [-0.2, 0) is 4.74 Å². The van der Waals surface area contributed by atoms with E-state index in [9.17, 15) is 4.39 Å². The van der Waals surface area contributed by atoms with Gasteiger partial charge < -0.3 is 4.74 Å². The van der Waals surface area contributed by atoms with E-state index in [0.29, 0.717) is 12.3 Å². The molecule has 1 rings (SSSR count). The molecule has 0 aromatic rings. The fourth-order valence-electron chi connectivity index (χ4n) is 1.55. The molecule has 2 unspecified atom stereocenters. The van der Waals surface area contributed by atoms with Gasteiger partial charge in [0.25, 0.3) is 0 Å². The molecule has 3 atom stereocenters. The van der Waals surface area contributed by atoms with Crippen LogP contribution in [0.2, 0.25) is 0 Å². The Hall–Kier alpha value is -0.110. The molecule has 0 bridgehead atoms. The molecule has 0 radical (unpaired) electrons. The molecule has 0 aliphatic heterocycles. The number of rotatable bonds is 1. The van der Waals surface area contributed by atoms with Crippen LogP contribution >= 0.6 is 0 Å². The third-order valence-electron chi connectivity index (χ3n) is 2.28. The average Bonchev–Trinajstić information content (AvgIpc) is 1.88. The summed E-state index contributed by atoms with van der Waals surface area (Å²) in [4.78, 5) is 0. The Morgan fingerprint density at radius 2 is 2.10 bits per heavy atom. The van der Waals surface area contributed by atoms with Crippen molar-refractivity contribution in [2.75, 3.05) is 7.11 Å². The molecule has 10 heavy (non-hydrogen) atoms. The van der Waals surface area contributed by atoms with Gasteiger partial charge in [0.2, 0.25) is 0 Å². The number of halogens is 1. The topological polar surface area (TPSA) is 9.23 Å². The van der Waals surface area contributed by atoms with Gasteiger partial charge in [-0.3, -0.25) is 0 Å². The number of hydrogen-bond acceptors (Lipinski definition) is 1. The second-order valence-corrected chi connectivity index (χ2v) is 3.21. The Morgan fingerprint density at radius 1 is 1.40 bits per heavy atom. The van der Waals surface area contributed by atoms with Crippen molar-refractivity contribution in [3.05, 3.63) is 0 Å². The molecule has 60 valence electrons. The van der Waals surface area contributed by atoms with E-state index in [2.05, 4.69) is 6.92 Å². The quantitative estimate of drug-likeness (QED) is 0.550. The molecule has 1 nitrogen and oxygen atoms in total. The molecule has 1 aliphatic rings. The van der Waals surface area contributed by atoms with Crippen LogP contribution in [0.25, 0.3) is 0 Å². The van der Waals surface area contributed by atoms with Gasteiger partial charge in [0.05, 0.1) is 6.10 Å². The molecule has 0 aromatic carbocycles. The smallest absolute Gasteiger partial charge is 0.126 e. The average molecular weight is 146 g/mol. The normalized spacial score (nSPS) is 41.7. The molecule has 2 heteroatoms. The fraction of sp³-hybridized carbons (Fsp3) is 1.00. The van der Waals surface area contributed by atoms with E-state index in [1.165, 1.54) is 0 Å². The van der Waals surface area contributed by atoms with E-state index >= 15 is 0 Å². The van der Waals surface area contributed by atoms with Crippen molar-refractivity contribution >= 4 is 0 Å². The van der Waals surface area contributed by atoms with Gasteiger partial charge in [0.1, 0.15) is 6.17 Å². The Balaban J connectivity index is 2.36. The summed E-state index contributed by atoms with van der Waals surface area (Å²) >= 11 is 0. The first kappa shape index (κ1) is 7.99. The molecule has 0 amide bonds. The standard InChI is InChI=1S/C8H15FO/c1-6-3-4-8(10-2)7(9)5-6/h6-8H,3-5H2,1-2H3/t6?,7?,8-/m1/s1. The van der Waals surface area contributed by atoms with Crippen LogP contribution < -0.4 is 0 Å². The highest BCUT2D eigenvalue weighted by Gasteiger charge is 2.27. The van der Waals surface area contributed by atoms with E-state index in [0.717, 1.165) is 12.8 Å². The third kappa shape index (κ3) is 1.69. The van der Waals surface area contributed by atoms with Crippen LogP contribution in [0.3, 0.4) is 0 Å². The van der Waals surface area contributed by atoms with Crippen molar-refractivity contribution in [1.29, 1.82) is 0 Å². The van der Waals surface area contributed by atoms with Crippen molar-refractivity contribution in [2.45, 2.75) is 38.5 Å². The molecule has 0 saturated heterocycles. The maximum atomic E-state index is 13.0. The lowest BCUT2D eigenvalue weighted by atomic mass is 9.87. The van der Waals surface area contributed by atoms with E-state index in [4.69, 9.17) is 4.74 Å². The molecule has 0 spiro atoms. The Morgan fingerprint density at radius 3 is 2.60 bits per heavy atom. The summed E-state index contributed by atoms with van der Waals surface area (Å²) in [5.74, 6) is 0.543. The van der Waals surface area contributed by atoms with Gasteiger partial charge in [-0.2, -0.15) is 0 Å². The molecule has 0 aromatic heterocycles. The zero-order valence-corrected chi connectivity index (χ0v) is 6.64. The summed E-state index contributed by atoms with van der Waals surface area (Å²) in [6, 6.07) is 0. The van der Waals surface area contributed by atoms with Gasteiger partial charge in [0.15, 0.2) is 0 Å². The van der Waals surface area contributed by atoms with Crippen molar-refractivity contribution in [1.82, 2.24) is 0 Å². The molecular formula is C8H15FO. The van der Waals surface area contributed by atoms with Crippen LogP contribution in [0.4, 0.5) is 4.39 Å². The minimum Gasteiger partial charge on any atom is -0.378 e. The lowest BCUT2D eigenvalue weighted by Gasteiger charge is -2.28. The molecule has 0 N–H and O–H groups in total. The van der Waals surface area contributed by atoms with Gasteiger partial charge >= 0.3 is 0 Å². The molecule has 1 saturated carbocycles. The van der Waals surface area contributed by atoms with Gasteiger partial charge in [0, 0.05) is 7.11 Å². The van der Waals surface area contributed by atoms with E-state index in [1.807, 2.05) is 0 Å². The lowest BCUT2D eigenvalue weighted by molar-refractivity contribution is -0.00664. The van der Waals surface area contributed by atoms with Crippen LogP contribution in [-0.4, -0.2) is 19.4 Å². The van der Waals surface area contributed by atoms with E-state index in [1.54, 1.807) is 7.11 Å². The highest BCUT2D eigenvalue weighted by molar-refractivity contribution is 4.78. The van der Waals surface area contributed by atoms with Crippen molar-refractivity contribution in [3.63, 3.8) is 0 Å². The van der Waals surface area contributed by atoms with E-state index < -0.39 is 6.17 Å². The summed E-state index contributed by atoms with van der Waals surface area (Å²) in [7, 11) is 1.59. The first-order chi connectivity index (χ1) is 4.74. The Labute approximate surface area is 61.6 Å². The summed E-state index contributed by atoms with van der Waals surface area (Å²) in [6.07, 6.45) is 1.82. The van der Waals surface area contributed by atoms with Crippen LogP contribution in [0.5, 0.6) is 0 Å². The summed E-state index contributed by atoms with van der Waals surface area (Å²) < 4.78 is 18.0. The predicted octanol–water partition coefficient (Wildman–Crippen LogP) is 2.16. The zero-order chi connectivity index (χ0) is 7.56. The highest BCUT2D eigenvalue weighted by atomic mass is 19.1. The van der Waals surface area contributed by atoms with Crippen molar-refractivity contribution < 1.29 is 9.13 Å². The monoisotopic (exact) mass is 146 g/mol. The highest BCUT2D eigenvalue weighted by Crippen LogP contribution is 2.27. The maximum Gasteiger partial charge on any atom is 0.126 e. The summed E-state index contributed by atoms with van der Waals surface area (Å²) in [5, 5.41) is 0. The number of methoxy groups -OCH3 is 1. The second-order valence-electron chi connectivity index (χ2n) is 3.21. The largest absolute Gasteiger partial charge is 0.378 e. The van der Waals surface area contributed by atoms with Gasteiger partial charge in [-0.25, -0.2) is 4.39 Å². The second kappa shape index (κ2) is 3.33. The maximum absolute atomic E-state index is 13.0. The first-order valence-electron chi connectivity index (χ1n) is 3.91. The number of alkyl halides is 1. The minimum atomic E-state index is -0.728. The van der Waals surface area contributed by atoms with Gasteiger partial charge in [-0.1, -0.05) is 6.92 Å². The molecule has 0 heterocycles. The third-order valence-corrected chi connectivity index (χ3v) is 2.28. The number of hydrogen-bond donors (Lipinski definition) is 0. The summed E-state index contributed by atoms with van der Waals surface area (Å²) in [6.45, 7) is 2.10. The minimum absolute atomic E-state index is 0.129. The molecule has 1 aliphatic carbocycles. The Bertz CT molecular complexity index is 105. The van der Waals surface area contributed by atoms with Crippen LogP contribution in [0, 0.1) is 5.92 Å². The van der Waals surface area contributed by atoms with E-state index in [-0.39, 0.29) is 6.10 Å². The van der Waals surface area contributed by atoms with Crippen LogP contribution in [0.15, 0.2) is 0 Å². The van der Waals surface area contributed by atoms with Crippen molar-refractivity contribution in [3.8, 4) is 0 Å². The molecule has 1 fully saturated rings. The van der Waals surface area contributed by atoms with Gasteiger partial charge in [-0.05, 0) is 25.2 Å². The zero-order valence-electron chi connectivity index (χ0n) is 6.64. The predicted molar refractivity (Wildman–Crippen MR) is 38.7 cm³/mol. The fourth-order valence-corrected chi connectivity index (χ4v) is 1.55. The van der Waals surface area contributed by atoms with Crippen LogP contribution in [0.1, 0.15) is 26.2 Å². The SMILES string of the molecule is CO[C@@H]1CCC(C)CC1F. The Kier molecular flexibility index (Phi) is 2.66. The molecular weight excluding hydrogens is 131 g/mol. The summed E-state index contributed by atoms with van der Waals surface area (Å²) in [5.41, 5.74) is 0. The number of ether oxygens (including phenoxy) is 1. The van der Waals surface area contributed by atoms with Crippen molar-refractivity contribution in [2.24, 2.45) is 5.92 Å². The van der Waals surface area contributed by atoms with Gasteiger partial charge in [-0.15, -0.1) is 0 Å². The lowest BCUT2D eigenvalue weighted by Crippen LogP contribution is -2.31.